The molecule has 1 aliphatic rings. The fourth-order valence-corrected chi connectivity index (χ4v) is 4.66. The lowest BCUT2D eigenvalue weighted by molar-refractivity contribution is 0.331. The molecule has 4 aromatic rings. The average Bonchev–Trinajstić information content (AvgIpc) is 3.44. The Balaban J connectivity index is 1.40. The van der Waals surface area contributed by atoms with Crippen molar-refractivity contribution in [3.8, 4) is 10.6 Å². The average molecular weight is 390 g/mol. The summed E-state index contributed by atoms with van der Waals surface area (Å²) >= 11 is 1.72. The minimum Gasteiger partial charge on any atom is -0.346 e. The molecule has 1 aromatic carbocycles. The molecule has 0 unspecified atom stereocenters. The number of hydrogen-bond donors (Lipinski definition) is 2. The highest BCUT2D eigenvalue weighted by Crippen LogP contribution is 2.32. The predicted molar refractivity (Wildman–Crippen MR) is 116 cm³/mol. The topological polar surface area (TPSA) is 56.8 Å². The maximum Gasteiger partial charge on any atom is 0.229 e. The summed E-state index contributed by atoms with van der Waals surface area (Å²) in [6, 6.07) is 12.8. The number of hydrogen-bond acceptors (Lipinski definition) is 5. The van der Waals surface area contributed by atoms with Crippen molar-refractivity contribution in [2.75, 3.05) is 18.4 Å². The van der Waals surface area contributed by atoms with Crippen LogP contribution in [0.3, 0.4) is 0 Å². The van der Waals surface area contributed by atoms with Gasteiger partial charge < -0.3 is 10.3 Å². The molecule has 28 heavy (non-hydrogen) atoms. The first-order valence-corrected chi connectivity index (χ1v) is 10.6. The van der Waals surface area contributed by atoms with E-state index in [4.69, 9.17) is 4.98 Å². The standard InChI is InChI=1S/C22H23N5S/c1-15-12-19(28-14-15)20-18-8-9-23-21(18)26-22(25-20)24-17-6-4-16(5-7-17)13-27-10-2-3-11-27/h4-9,12,14H,2-3,10-11,13H2,1H3,(H2,23,24,25,26). The molecule has 5 nitrogen and oxygen atoms in total. The lowest BCUT2D eigenvalue weighted by atomic mass is 10.2. The Labute approximate surface area is 168 Å². The van der Waals surface area contributed by atoms with E-state index >= 15 is 0 Å². The predicted octanol–water partition coefficient (Wildman–Crippen LogP) is 5.33. The molecule has 1 aliphatic heterocycles. The van der Waals surface area contributed by atoms with Gasteiger partial charge in [-0.1, -0.05) is 12.1 Å². The van der Waals surface area contributed by atoms with Crippen molar-refractivity contribution in [1.29, 1.82) is 0 Å². The van der Waals surface area contributed by atoms with Crippen molar-refractivity contribution in [2.45, 2.75) is 26.3 Å². The Bertz CT molecular complexity index is 1090. The number of aryl methyl sites for hydroxylation is 1. The fraction of sp³-hybridized carbons (Fsp3) is 0.273. The molecule has 1 saturated heterocycles. The smallest absolute Gasteiger partial charge is 0.229 e. The number of aromatic nitrogens is 3. The van der Waals surface area contributed by atoms with Gasteiger partial charge in [-0.15, -0.1) is 11.3 Å². The summed E-state index contributed by atoms with van der Waals surface area (Å²) in [4.78, 5) is 16.4. The summed E-state index contributed by atoms with van der Waals surface area (Å²) in [5.41, 5.74) is 5.43. The highest BCUT2D eigenvalue weighted by molar-refractivity contribution is 7.13. The van der Waals surface area contributed by atoms with Gasteiger partial charge in [0.15, 0.2) is 0 Å². The lowest BCUT2D eigenvalue weighted by Crippen LogP contribution is -2.18. The lowest BCUT2D eigenvalue weighted by Gasteiger charge is -2.15. The monoisotopic (exact) mass is 389 g/mol. The van der Waals surface area contributed by atoms with Crippen molar-refractivity contribution in [3.63, 3.8) is 0 Å². The van der Waals surface area contributed by atoms with Gasteiger partial charge in [0, 0.05) is 23.8 Å². The van der Waals surface area contributed by atoms with Gasteiger partial charge >= 0.3 is 0 Å². The van der Waals surface area contributed by atoms with E-state index in [1.165, 1.54) is 37.1 Å². The number of H-pyrrole nitrogens is 1. The van der Waals surface area contributed by atoms with E-state index in [1.807, 2.05) is 12.3 Å². The summed E-state index contributed by atoms with van der Waals surface area (Å²) in [5.74, 6) is 0.614. The second-order valence-corrected chi connectivity index (χ2v) is 8.34. The Kier molecular flexibility index (Phi) is 4.58. The van der Waals surface area contributed by atoms with Gasteiger partial charge in [-0.05, 0) is 73.6 Å². The van der Waals surface area contributed by atoms with E-state index in [0.717, 1.165) is 33.8 Å². The van der Waals surface area contributed by atoms with Crippen molar-refractivity contribution < 1.29 is 0 Å². The van der Waals surface area contributed by atoms with Crippen LogP contribution in [0, 0.1) is 6.92 Å². The second kappa shape index (κ2) is 7.37. The van der Waals surface area contributed by atoms with E-state index in [1.54, 1.807) is 11.3 Å². The number of likely N-dealkylation sites (tertiary alicyclic amines) is 1. The molecular formula is C22H23N5S. The molecule has 5 rings (SSSR count). The van der Waals surface area contributed by atoms with Crippen LogP contribution >= 0.6 is 11.3 Å². The number of anilines is 2. The molecule has 0 saturated carbocycles. The minimum atomic E-state index is 0.614. The van der Waals surface area contributed by atoms with Crippen LogP contribution in [-0.2, 0) is 6.54 Å². The Morgan fingerprint density at radius 2 is 1.93 bits per heavy atom. The summed E-state index contributed by atoms with van der Waals surface area (Å²) in [6.07, 6.45) is 4.56. The number of nitrogens with zero attached hydrogens (tertiary/aromatic N) is 3. The van der Waals surface area contributed by atoms with Crippen LogP contribution in [0.4, 0.5) is 11.6 Å². The molecule has 6 heteroatoms. The Hall–Kier alpha value is -2.70. The highest BCUT2D eigenvalue weighted by atomic mass is 32.1. The van der Waals surface area contributed by atoms with Crippen molar-refractivity contribution in [2.24, 2.45) is 0 Å². The van der Waals surface area contributed by atoms with Gasteiger partial charge in [-0.25, -0.2) is 4.98 Å². The number of thiophene rings is 1. The number of fused-ring (bicyclic) bond motifs is 1. The first-order chi connectivity index (χ1) is 13.7. The van der Waals surface area contributed by atoms with Crippen LogP contribution < -0.4 is 5.32 Å². The summed E-state index contributed by atoms with van der Waals surface area (Å²) in [5, 5.41) is 6.58. The zero-order chi connectivity index (χ0) is 18.9. The number of rotatable bonds is 5. The Morgan fingerprint density at radius 3 is 2.68 bits per heavy atom. The number of nitrogens with one attached hydrogen (secondary N) is 2. The SMILES string of the molecule is Cc1csc(-c2nc(Nc3ccc(CN4CCCC4)cc3)nc3[nH]ccc23)c1. The van der Waals surface area contributed by atoms with E-state index < -0.39 is 0 Å². The van der Waals surface area contributed by atoms with E-state index in [2.05, 4.69) is 62.8 Å². The normalized spacial score (nSPS) is 14.8. The first-order valence-electron chi connectivity index (χ1n) is 9.73. The molecule has 1 fully saturated rings. The van der Waals surface area contributed by atoms with Gasteiger partial charge in [-0.2, -0.15) is 4.98 Å². The van der Waals surface area contributed by atoms with Crippen molar-refractivity contribution in [1.82, 2.24) is 19.9 Å². The third-order valence-corrected chi connectivity index (χ3v) is 6.25. The fourth-order valence-electron chi connectivity index (χ4n) is 3.76. The van der Waals surface area contributed by atoms with Gasteiger partial charge in [-0.3, -0.25) is 4.90 Å². The molecule has 2 N–H and O–H groups in total. The van der Waals surface area contributed by atoms with Crippen molar-refractivity contribution in [3.05, 3.63) is 59.1 Å². The zero-order valence-corrected chi connectivity index (χ0v) is 16.7. The van der Waals surface area contributed by atoms with E-state index in [9.17, 15) is 0 Å². The Morgan fingerprint density at radius 1 is 1.11 bits per heavy atom. The van der Waals surface area contributed by atoms with Gasteiger partial charge in [0.2, 0.25) is 5.95 Å². The zero-order valence-electron chi connectivity index (χ0n) is 15.9. The van der Waals surface area contributed by atoms with Crippen LogP contribution in [-0.4, -0.2) is 32.9 Å². The molecule has 3 aromatic heterocycles. The van der Waals surface area contributed by atoms with Crippen LogP contribution in [0.2, 0.25) is 0 Å². The van der Waals surface area contributed by atoms with E-state index in [-0.39, 0.29) is 0 Å². The number of benzene rings is 1. The third kappa shape index (κ3) is 3.53. The molecule has 0 aliphatic carbocycles. The van der Waals surface area contributed by atoms with E-state index in [0.29, 0.717) is 5.95 Å². The summed E-state index contributed by atoms with van der Waals surface area (Å²) in [6.45, 7) is 5.58. The maximum absolute atomic E-state index is 4.82. The molecule has 142 valence electrons. The van der Waals surface area contributed by atoms with Crippen LogP contribution in [0.1, 0.15) is 24.0 Å². The summed E-state index contributed by atoms with van der Waals surface area (Å²) < 4.78 is 0. The molecule has 0 radical (unpaired) electrons. The summed E-state index contributed by atoms with van der Waals surface area (Å²) in [7, 11) is 0. The first kappa shape index (κ1) is 17.4. The van der Waals surface area contributed by atoms with Gasteiger partial charge in [0.05, 0.1) is 10.6 Å². The number of aromatic amines is 1. The molecule has 0 bridgehead atoms. The molecule has 0 amide bonds. The second-order valence-electron chi connectivity index (χ2n) is 7.43. The molecular weight excluding hydrogens is 366 g/mol. The van der Waals surface area contributed by atoms with Crippen LogP contribution in [0.15, 0.2) is 48.0 Å². The molecule has 0 spiro atoms. The van der Waals surface area contributed by atoms with Crippen LogP contribution in [0.25, 0.3) is 21.6 Å². The largest absolute Gasteiger partial charge is 0.346 e. The minimum absolute atomic E-state index is 0.614. The maximum atomic E-state index is 4.82. The van der Waals surface area contributed by atoms with Crippen molar-refractivity contribution >= 4 is 34.0 Å². The van der Waals surface area contributed by atoms with Crippen LogP contribution in [0.5, 0.6) is 0 Å². The highest BCUT2D eigenvalue weighted by Gasteiger charge is 2.13. The molecule has 4 heterocycles. The quantitative estimate of drug-likeness (QED) is 0.484. The third-order valence-electron chi connectivity index (χ3n) is 5.19. The molecule has 0 atom stereocenters. The van der Waals surface area contributed by atoms with Gasteiger partial charge in [0.1, 0.15) is 5.65 Å². The van der Waals surface area contributed by atoms with Gasteiger partial charge in [0.25, 0.3) is 0 Å².